The molecule has 3 nitrogen and oxygen atoms in total. The third-order valence-electron chi connectivity index (χ3n) is 8.82. The zero-order chi connectivity index (χ0) is 18.8. The van der Waals surface area contributed by atoms with Gasteiger partial charge in [0.25, 0.3) is 0 Å². The summed E-state index contributed by atoms with van der Waals surface area (Å²) in [4.78, 5) is 19.6. The van der Waals surface area contributed by atoms with Gasteiger partial charge in [-0.3, -0.25) is 9.78 Å². The number of carbonyl (C=O) groups excluding carboxylic acids is 1. The van der Waals surface area contributed by atoms with Crippen molar-refractivity contribution >= 4 is 11.5 Å². The number of fused-ring (bicyclic) bond motifs is 5. The van der Waals surface area contributed by atoms with Crippen molar-refractivity contribution in [1.82, 2.24) is 9.88 Å². The highest BCUT2D eigenvalue weighted by Gasteiger charge is 2.58. The number of hydrogen-bond donors (Lipinski definition) is 0. The van der Waals surface area contributed by atoms with Gasteiger partial charge in [-0.15, -0.1) is 0 Å². The summed E-state index contributed by atoms with van der Waals surface area (Å²) in [6, 6.07) is 2.14. The molecule has 144 valence electrons. The molecular formula is C24H32N2O. The second-order valence-electron chi connectivity index (χ2n) is 9.92. The summed E-state index contributed by atoms with van der Waals surface area (Å²) in [7, 11) is 0. The lowest BCUT2D eigenvalue weighted by Crippen LogP contribution is -2.53. The molecule has 2 aliphatic carbocycles. The van der Waals surface area contributed by atoms with Crippen LogP contribution in [0, 0.1) is 30.1 Å². The molecule has 3 fully saturated rings. The molecule has 1 unspecified atom stereocenters. The normalized spacial score (nSPS) is 40.9. The van der Waals surface area contributed by atoms with Gasteiger partial charge < -0.3 is 4.90 Å². The van der Waals surface area contributed by atoms with Crippen molar-refractivity contribution in [2.75, 3.05) is 6.54 Å². The minimum atomic E-state index is 0.104. The van der Waals surface area contributed by atoms with Crippen molar-refractivity contribution in [1.29, 1.82) is 0 Å². The maximum Gasteiger partial charge on any atom is 0.223 e. The van der Waals surface area contributed by atoms with Gasteiger partial charge in [-0.05, 0) is 98.3 Å². The fourth-order valence-electron chi connectivity index (χ4n) is 7.40. The minimum Gasteiger partial charge on any atom is -0.337 e. The number of aryl methyl sites for hydroxylation is 1. The predicted octanol–water partition coefficient (Wildman–Crippen LogP) is 5.00. The van der Waals surface area contributed by atoms with Crippen molar-refractivity contribution in [3.8, 4) is 0 Å². The molecule has 4 aliphatic rings. The van der Waals surface area contributed by atoms with Gasteiger partial charge in [0.1, 0.15) is 0 Å². The smallest absolute Gasteiger partial charge is 0.223 e. The van der Waals surface area contributed by atoms with Gasteiger partial charge in [0.05, 0.1) is 0 Å². The van der Waals surface area contributed by atoms with Crippen LogP contribution in [0.3, 0.4) is 0 Å². The molecule has 1 aromatic rings. The molecule has 0 radical (unpaired) electrons. The van der Waals surface area contributed by atoms with Gasteiger partial charge in [0, 0.05) is 30.9 Å². The second-order valence-corrected chi connectivity index (χ2v) is 9.92. The van der Waals surface area contributed by atoms with Gasteiger partial charge >= 0.3 is 0 Å². The summed E-state index contributed by atoms with van der Waals surface area (Å²) in [5.74, 6) is 2.44. The number of carbonyl (C=O) groups is 1. The number of pyridine rings is 1. The Morgan fingerprint density at radius 2 is 2.04 bits per heavy atom. The molecule has 0 bridgehead atoms. The van der Waals surface area contributed by atoms with Crippen LogP contribution in [0.1, 0.15) is 69.9 Å². The summed E-state index contributed by atoms with van der Waals surface area (Å²) < 4.78 is 0. The summed E-state index contributed by atoms with van der Waals surface area (Å²) in [6.45, 7) is 8.10. The molecular weight excluding hydrogens is 332 g/mol. The highest BCUT2D eigenvalue weighted by Crippen LogP contribution is 2.63. The molecule has 3 heteroatoms. The Hall–Kier alpha value is -1.64. The number of allylic oxidation sites excluding steroid dienone is 2. The fraction of sp³-hybridized carbons (Fsp3) is 0.667. The summed E-state index contributed by atoms with van der Waals surface area (Å²) in [5, 5.41) is 0. The first-order valence-corrected chi connectivity index (χ1v) is 10.9. The van der Waals surface area contributed by atoms with Crippen LogP contribution >= 0.6 is 0 Å². The van der Waals surface area contributed by atoms with E-state index in [9.17, 15) is 4.79 Å². The summed E-state index contributed by atoms with van der Waals surface area (Å²) in [5.41, 5.74) is 4.56. The van der Waals surface area contributed by atoms with Crippen molar-refractivity contribution in [2.45, 2.75) is 71.3 Å². The van der Waals surface area contributed by atoms with Crippen LogP contribution in [0.5, 0.6) is 0 Å². The number of amides is 1. The van der Waals surface area contributed by atoms with E-state index in [1.54, 1.807) is 0 Å². The Kier molecular flexibility index (Phi) is 3.83. The topological polar surface area (TPSA) is 33.2 Å². The molecule has 1 aromatic heterocycles. The van der Waals surface area contributed by atoms with E-state index in [-0.39, 0.29) is 11.0 Å². The van der Waals surface area contributed by atoms with Crippen LogP contribution in [0.15, 0.2) is 24.5 Å². The van der Waals surface area contributed by atoms with E-state index in [0.29, 0.717) is 23.7 Å². The number of rotatable bonds is 1. The van der Waals surface area contributed by atoms with Gasteiger partial charge in [-0.1, -0.05) is 13.0 Å². The van der Waals surface area contributed by atoms with Crippen LogP contribution in [-0.2, 0) is 4.79 Å². The molecule has 5 atom stereocenters. The molecule has 5 rings (SSSR count). The third kappa shape index (κ3) is 2.33. The maximum absolute atomic E-state index is 12.9. The highest BCUT2D eigenvalue weighted by atomic mass is 16.2. The second kappa shape index (κ2) is 5.93. The average molecular weight is 365 g/mol. The molecule has 1 amide bonds. The van der Waals surface area contributed by atoms with Crippen molar-refractivity contribution in [3.63, 3.8) is 0 Å². The third-order valence-corrected chi connectivity index (χ3v) is 8.82. The quantitative estimate of drug-likeness (QED) is 0.702. The highest BCUT2D eigenvalue weighted by molar-refractivity contribution is 5.78. The number of aromatic nitrogens is 1. The molecule has 0 aromatic carbocycles. The largest absolute Gasteiger partial charge is 0.337 e. The molecule has 2 aliphatic heterocycles. The lowest BCUT2D eigenvalue weighted by Gasteiger charge is -2.53. The predicted molar refractivity (Wildman–Crippen MR) is 108 cm³/mol. The van der Waals surface area contributed by atoms with E-state index in [1.807, 2.05) is 6.20 Å². The molecule has 2 saturated heterocycles. The lowest BCUT2D eigenvalue weighted by molar-refractivity contribution is -0.135. The van der Waals surface area contributed by atoms with Gasteiger partial charge in [-0.2, -0.15) is 0 Å². The first-order chi connectivity index (χ1) is 12.9. The average Bonchev–Trinajstić information content (AvgIpc) is 3.18. The van der Waals surface area contributed by atoms with E-state index < -0.39 is 0 Å². The van der Waals surface area contributed by atoms with E-state index in [0.717, 1.165) is 19.4 Å². The van der Waals surface area contributed by atoms with Crippen molar-refractivity contribution in [3.05, 3.63) is 35.7 Å². The number of hydrogen-bond acceptors (Lipinski definition) is 2. The fourth-order valence-corrected chi connectivity index (χ4v) is 7.40. The Balaban J connectivity index is 1.52. The minimum absolute atomic E-state index is 0.104. The lowest BCUT2D eigenvalue weighted by atomic mass is 9.53. The van der Waals surface area contributed by atoms with Crippen LogP contribution in [0.25, 0.3) is 5.57 Å². The first kappa shape index (κ1) is 17.5. The van der Waals surface area contributed by atoms with Crippen LogP contribution < -0.4 is 0 Å². The van der Waals surface area contributed by atoms with Gasteiger partial charge in [-0.25, -0.2) is 0 Å². The Bertz CT molecular complexity index is 814. The van der Waals surface area contributed by atoms with E-state index in [1.165, 1.54) is 48.8 Å². The zero-order valence-corrected chi connectivity index (χ0v) is 17.0. The molecule has 0 spiro atoms. The standard InChI is InChI=1S/C24H32N2O/c1-16-10-13-25-15-18(16)20-7-6-19-17-5-8-22(27)26-14-4-11-24(26,3)21(17)9-12-23(19,20)2/h7,10,13,15,17,19,21H,4-6,8-9,11-12,14H2,1-3H3/t17-,19-,21?,23-,24+/m0/s1. The molecule has 0 N–H and O–H groups in total. The monoisotopic (exact) mass is 364 g/mol. The molecule has 3 heterocycles. The number of nitrogens with zero attached hydrogens (tertiary/aromatic N) is 2. The van der Waals surface area contributed by atoms with Gasteiger partial charge in [0.15, 0.2) is 0 Å². The zero-order valence-electron chi connectivity index (χ0n) is 17.0. The Morgan fingerprint density at radius 1 is 1.19 bits per heavy atom. The van der Waals surface area contributed by atoms with E-state index in [4.69, 9.17) is 0 Å². The summed E-state index contributed by atoms with van der Waals surface area (Å²) >= 11 is 0. The van der Waals surface area contributed by atoms with Crippen LogP contribution in [0.2, 0.25) is 0 Å². The Labute approximate surface area is 163 Å². The Morgan fingerprint density at radius 3 is 2.85 bits per heavy atom. The van der Waals surface area contributed by atoms with E-state index in [2.05, 4.69) is 49.0 Å². The van der Waals surface area contributed by atoms with Crippen LogP contribution in [-0.4, -0.2) is 27.9 Å². The maximum atomic E-state index is 12.9. The molecule has 27 heavy (non-hydrogen) atoms. The van der Waals surface area contributed by atoms with Crippen LogP contribution in [0.4, 0.5) is 0 Å². The van der Waals surface area contributed by atoms with Crippen molar-refractivity contribution < 1.29 is 4.79 Å². The molecule has 1 saturated carbocycles. The van der Waals surface area contributed by atoms with Crippen molar-refractivity contribution in [2.24, 2.45) is 23.2 Å². The van der Waals surface area contributed by atoms with Gasteiger partial charge in [0.2, 0.25) is 5.91 Å². The SMILES string of the molecule is Cc1ccncc1C1=CC[C@H]2[C@@H]3CCC(=O)N4CCC[C@]4(C)C3CC[C@]12C. The van der Waals surface area contributed by atoms with E-state index >= 15 is 0 Å². The summed E-state index contributed by atoms with van der Waals surface area (Å²) in [6.07, 6.45) is 14.4. The first-order valence-electron chi connectivity index (χ1n) is 10.9.